The van der Waals surface area contributed by atoms with Gasteiger partial charge in [-0.25, -0.2) is 9.78 Å². The van der Waals surface area contributed by atoms with E-state index in [1.54, 1.807) is 0 Å². The fourth-order valence-corrected chi connectivity index (χ4v) is 4.93. The highest BCUT2D eigenvalue weighted by molar-refractivity contribution is 7.15. The Morgan fingerprint density at radius 3 is 2.79 bits per heavy atom. The average Bonchev–Trinajstić information content (AvgIpc) is 3.35. The summed E-state index contributed by atoms with van der Waals surface area (Å²) in [5.41, 5.74) is 2.68. The number of benzene rings is 1. The number of rotatable bonds is 4. The fourth-order valence-electron chi connectivity index (χ4n) is 3.91. The molecule has 1 aromatic heterocycles. The number of carbonyl (C=O) groups is 2. The van der Waals surface area contributed by atoms with Gasteiger partial charge >= 0.3 is 6.03 Å². The van der Waals surface area contributed by atoms with Crippen molar-refractivity contribution in [1.29, 1.82) is 0 Å². The normalized spacial score (nSPS) is 16.4. The number of anilines is 2. The predicted octanol–water partition coefficient (Wildman–Crippen LogP) is 3.47. The molecular formula is C21H27N5O2S. The molecule has 2 N–H and O–H groups in total. The van der Waals surface area contributed by atoms with Crippen molar-refractivity contribution >= 4 is 34.1 Å². The number of fused-ring (bicyclic) bond motifs is 1. The smallest absolute Gasteiger partial charge is 0.321 e. The van der Waals surface area contributed by atoms with Gasteiger partial charge < -0.3 is 15.1 Å². The molecule has 8 heteroatoms. The van der Waals surface area contributed by atoms with E-state index in [2.05, 4.69) is 15.6 Å². The third-order valence-electron chi connectivity index (χ3n) is 5.54. The van der Waals surface area contributed by atoms with Crippen molar-refractivity contribution in [3.8, 4) is 0 Å². The number of amides is 3. The Labute approximate surface area is 175 Å². The number of hydrogen-bond donors (Lipinski definition) is 2. The quantitative estimate of drug-likeness (QED) is 0.805. The van der Waals surface area contributed by atoms with Crippen LogP contribution in [0.4, 0.5) is 15.6 Å². The summed E-state index contributed by atoms with van der Waals surface area (Å²) in [6.07, 6.45) is 5.16. The molecule has 1 saturated carbocycles. The van der Waals surface area contributed by atoms with Crippen LogP contribution in [0.25, 0.3) is 0 Å². The number of nitrogens with one attached hydrogen (secondary N) is 2. The largest absolute Gasteiger partial charge is 0.378 e. The molecule has 0 bridgehead atoms. The van der Waals surface area contributed by atoms with Gasteiger partial charge in [-0.15, -0.1) is 0 Å². The molecule has 2 heterocycles. The first-order valence-corrected chi connectivity index (χ1v) is 10.9. The summed E-state index contributed by atoms with van der Waals surface area (Å²) < 4.78 is 0. The van der Waals surface area contributed by atoms with E-state index >= 15 is 0 Å². The van der Waals surface area contributed by atoms with E-state index in [1.807, 2.05) is 48.2 Å². The highest BCUT2D eigenvalue weighted by atomic mass is 32.1. The zero-order valence-corrected chi connectivity index (χ0v) is 17.7. The summed E-state index contributed by atoms with van der Waals surface area (Å²) in [4.78, 5) is 34.6. The maximum atomic E-state index is 13.0. The highest BCUT2D eigenvalue weighted by Crippen LogP contribution is 2.29. The van der Waals surface area contributed by atoms with Crippen LogP contribution in [0.5, 0.6) is 0 Å². The van der Waals surface area contributed by atoms with Gasteiger partial charge in [0.25, 0.3) is 5.91 Å². The molecule has 7 nitrogen and oxygen atoms in total. The molecule has 3 amide bonds. The Morgan fingerprint density at radius 2 is 2.03 bits per heavy atom. The molecule has 1 aromatic carbocycles. The Morgan fingerprint density at radius 1 is 1.24 bits per heavy atom. The van der Waals surface area contributed by atoms with Gasteiger partial charge in [0.15, 0.2) is 5.13 Å². The van der Waals surface area contributed by atoms with Crippen LogP contribution in [0.2, 0.25) is 0 Å². The maximum absolute atomic E-state index is 13.0. The van der Waals surface area contributed by atoms with Crippen LogP contribution in [-0.4, -0.2) is 48.5 Å². The number of nitrogens with zero attached hydrogens (tertiary/aromatic N) is 3. The third-order valence-corrected chi connectivity index (χ3v) is 6.54. The van der Waals surface area contributed by atoms with Crippen LogP contribution >= 0.6 is 11.3 Å². The van der Waals surface area contributed by atoms with E-state index in [0.29, 0.717) is 30.2 Å². The number of thiazole rings is 1. The third kappa shape index (κ3) is 4.53. The summed E-state index contributed by atoms with van der Waals surface area (Å²) in [7, 11) is 3.93. The fraction of sp³-hybridized carbons (Fsp3) is 0.476. The van der Waals surface area contributed by atoms with E-state index in [0.717, 1.165) is 29.1 Å². The second-order valence-electron chi connectivity index (χ2n) is 7.89. The van der Waals surface area contributed by atoms with Crippen molar-refractivity contribution in [1.82, 2.24) is 15.2 Å². The lowest BCUT2D eigenvalue weighted by atomic mass is 10.1. The van der Waals surface area contributed by atoms with Crippen LogP contribution in [0.1, 0.15) is 46.6 Å². The number of carbonyl (C=O) groups excluding carboxylic acids is 2. The standard InChI is InChI=1S/C21H27N5O2S/c1-25(2)16-9-5-6-14(12-16)19(27)26-11-10-17-18(13-26)29-21(23-17)24-20(28)22-15-7-3-4-8-15/h5-6,9,12,15H,3-4,7-8,10-11,13H2,1-2H3,(H2,22,23,24,28). The Hall–Kier alpha value is -2.61. The maximum Gasteiger partial charge on any atom is 0.321 e. The first-order chi connectivity index (χ1) is 14.0. The van der Waals surface area contributed by atoms with Crippen LogP contribution in [-0.2, 0) is 13.0 Å². The zero-order valence-electron chi connectivity index (χ0n) is 16.9. The first kappa shape index (κ1) is 19.7. The molecule has 0 spiro atoms. The SMILES string of the molecule is CN(C)c1cccc(C(=O)N2CCc3nc(NC(=O)NC4CCCC4)sc3C2)c1. The molecule has 154 valence electrons. The molecule has 2 aromatic rings. The second kappa shape index (κ2) is 8.41. The Kier molecular flexibility index (Phi) is 5.71. The van der Waals surface area contributed by atoms with Crippen molar-refractivity contribution in [2.75, 3.05) is 30.9 Å². The summed E-state index contributed by atoms with van der Waals surface area (Å²) in [5, 5.41) is 6.49. The second-order valence-corrected chi connectivity index (χ2v) is 8.97. The number of urea groups is 1. The van der Waals surface area contributed by atoms with E-state index in [-0.39, 0.29) is 18.0 Å². The topological polar surface area (TPSA) is 77.6 Å². The lowest BCUT2D eigenvalue weighted by molar-refractivity contribution is 0.0736. The Balaban J connectivity index is 1.40. The zero-order chi connectivity index (χ0) is 20.4. The molecular weight excluding hydrogens is 386 g/mol. The van der Waals surface area contributed by atoms with Gasteiger partial charge in [-0.1, -0.05) is 30.2 Å². The molecule has 2 aliphatic rings. The van der Waals surface area contributed by atoms with Gasteiger partial charge in [0, 0.05) is 49.2 Å². The molecule has 1 aliphatic carbocycles. The Bertz CT molecular complexity index is 904. The molecule has 0 radical (unpaired) electrons. The van der Waals surface area contributed by atoms with E-state index in [1.165, 1.54) is 24.2 Å². The monoisotopic (exact) mass is 413 g/mol. The van der Waals surface area contributed by atoms with Crippen LogP contribution in [0.15, 0.2) is 24.3 Å². The van der Waals surface area contributed by atoms with Gasteiger partial charge in [-0.3, -0.25) is 10.1 Å². The lowest BCUT2D eigenvalue weighted by Gasteiger charge is -2.26. The molecule has 4 rings (SSSR count). The minimum absolute atomic E-state index is 0.0289. The summed E-state index contributed by atoms with van der Waals surface area (Å²) in [5.74, 6) is 0.0289. The molecule has 1 aliphatic heterocycles. The molecule has 1 fully saturated rings. The summed E-state index contributed by atoms with van der Waals surface area (Å²) >= 11 is 1.46. The minimum Gasteiger partial charge on any atom is -0.378 e. The van der Waals surface area contributed by atoms with Crippen molar-refractivity contribution < 1.29 is 9.59 Å². The van der Waals surface area contributed by atoms with Crippen molar-refractivity contribution in [3.63, 3.8) is 0 Å². The average molecular weight is 414 g/mol. The van der Waals surface area contributed by atoms with Crippen LogP contribution in [0.3, 0.4) is 0 Å². The van der Waals surface area contributed by atoms with E-state index in [4.69, 9.17) is 0 Å². The van der Waals surface area contributed by atoms with Crippen molar-refractivity contribution in [2.24, 2.45) is 0 Å². The predicted molar refractivity (Wildman–Crippen MR) is 116 cm³/mol. The lowest BCUT2D eigenvalue weighted by Crippen LogP contribution is -2.36. The van der Waals surface area contributed by atoms with Crippen molar-refractivity contribution in [3.05, 3.63) is 40.4 Å². The number of aromatic nitrogens is 1. The van der Waals surface area contributed by atoms with Gasteiger partial charge in [0.1, 0.15) is 0 Å². The highest BCUT2D eigenvalue weighted by Gasteiger charge is 2.26. The summed E-state index contributed by atoms with van der Waals surface area (Å²) in [6.45, 7) is 1.17. The molecule has 29 heavy (non-hydrogen) atoms. The minimum atomic E-state index is -0.184. The van der Waals surface area contributed by atoms with Gasteiger partial charge in [0.2, 0.25) is 0 Å². The van der Waals surface area contributed by atoms with Crippen molar-refractivity contribution in [2.45, 2.75) is 44.7 Å². The van der Waals surface area contributed by atoms with E-state index < -0.39 is 0 Å². The molecule has 0 unspecified atom stereocenters. The van der Waals surface area contributed by atoms with E-state index in [9.17, 15) is 9.59 Å². The summed E-state index contributed by atoms with van der Waals surface area (Å²) in [6, 6.07) is 7.77. The van der Waals surface area contributed by atoms with Crippen LogP contribution in [0, 0.1) is 0 Å². The molecule has 0 saturated heterocycles. The van der Waals surface area contributed by atoms with Gasteiger partial charge in [-0.2, -0.15) is 0 Å². The molecule has 0 atom stereocenters. The first-order valence-electron chi connectivity index (χ1n) is 10.1. The van der Waals surface area contributed by atoms with Gasteiger partial charge in [0.05, 0.1) is 12.2 Å². The number of hydrogen-bond acceptors (Lipinski definition) is 5. The van der Waals surface area contributed by atoms with Crippen LogP contribution < -0.4 is 15.5 Å². The van der Waals surface area contributed by atoms with Gasteiger partial charge in [-0.05, 0) is 31.0 Å².